The van der Waals surface area contributed by atoms with E-state index < -0.39 is 40.3 Å². The highest BCUT2D eigenvalue weighted by molar-refractivity contribution is 6.36. The third-order valence-electron chi connectivity index (χ3n) is 6.81. The van der Waals surface area contributed by atoms with Crippen LogP contribution in [0.1, 0.15) is 64.2 Å². The van der Waals surface area contributed by atoms with Gasteiger partial charge in [0.05, 0.1) is 21.7 Å². The van der Waals surface area contributed by atoms with Gasteiger partial charge in [0.2, 0.25) is 5.78 Å². The maximum atomic E-state index is 13.6. The van der Waals surface area contributed by atoms with Crippen molar-refractivity contribution < 1.29 is 28.8 Å². The standard InChI is InChI=1S/C31H22N2O7/c1-18-15-16-21(17-19(18)2)27(34)28(20-9-4-3-5-10-20)40-31(37)22-11-6-7-13-24(22)32-29(35)23-12-8-14-25(33(38)39)26(23)30(32)36/h3-17,28H,1-2H3/t28-/m1/s1. The van der Waals surface area contributed by atoms with E-state index in [9.17, 15) is 29.3 Å². The Kier molecular flexibility index (Phi) is 6.79. The second-order valence-corrected chi connectivity index (χ2v) is 9.28. The van der Waals surface area contributed by atoms with Crippen LogP contribution >= 0.6 is 0 Å². The molecule has 5 rings (SSSR count). The molecule has 1 atom stereocenters. The van der Waals surface area contributed by atoms with E-state index in [1.165, 1.54) is 36.4 Å². The molecule has 0 radical (unpaired) electrons. The fourth-order valence-corrected chi connectivity index (χ4v) is 4.60. The summed E-state index contributed by atoms with van der Waals surface area (Å²) in [7, 11) is 0. The van der Waals surface area contributed by atoms with Crippen LogP contribution in [0, 0.1) is 24.0 Å². The molecule has 0 bridgehead atoms. The van der Waals surface area contributed by atoms with Gasteiger partial charge in [0.25, 0.3) is 17.5 Å². The van der Waals surface area contributed by atoms with Crippen molar-refractivity contribution in [2.45, 2.75) is 20.0 Å². The number of anilines is 1. The van der Waals surface area contributed by atoms with E-state index in [0.29, 0.717) is 11.1 Å². The number of carbonyl (C=O) groups is 4. The molecule has 198 valence electrons. The Morgan fingerprint density at radius 3 is 2.23 bits per heavy atom. The fourth-order valence-electron chi connectivity index (χ4n) is 4.60. The van der Waals surface area contributed by atoms with Crippen molar-refractivity contribution in [2.75, 3.05) is 4.90 Å². The van der Waals surface area contributed by atoms with Crippen LogP contribution in [0.15, 0.2) is 91.0 Å². The summed E-state index contributed by atoms with van der Waals surface area (Å²) >= 11 is 0. The van der Waals surface area contributed by atoms with E-state index in [1.807, 2.05) is 19.9 Å². The highest BCUT2D eigenvalue weighted by Crippen LogP contribution is 2.36. The van der Waals surface area contributed by atoms with Crippen molar-refractivity contribution >= 4 is 34.9 Å². The predicted octanol–water partition coefficient (Wildman–Crippen LogP) is 5.79. The predicted molar refractivity (Wildman–Crippen MR) is 146 cm³/mol. The SMILES string of the molecule is Cc1ccc(C(=O)[C@H](OC(=O)c2ccccc2N2C(=O)c3cccc([N+](=O)[O-])c3C2=O)c2ccccc2)cc1C. The Hall–Kier alpha value is -5.44. The molecular formula is C31H22N2O7. The van der Waals surface area contributed by atoms with Gasteiger partial charge in [-0.1, -0.05) is 60.7 Å². The summed E-state index contributed by atoms with van der Waals surface area (Å²) < 4.78 is 5.77. The fraction of sp³-hybridized carbons (Fsp3) is 0.0968. The van der Waals surface area contributed by atoms with Crippen molar-refractivity contribution in [2.24, 2.45) is 0 Å². The van der Waals surface area contributed by atoms with Gasteiger partial charge in [-0.05, 0) is 49.2 Å². The molecule has 0 saturated heterocycles. The van der Waals surface area contributed by atoms with E-state index in [0.717, 1.165) is 22.1 Å². The number of nitro groups is 1. The molecule has 0 aliphatic carbocycles. The van der Waals surface area contributed by atoms with Crippen LogP contribution in [0.2, 0.25) is 0 Å². The molecule has 40 heavy (non-hydrogen) atoms. The normalized spacial score (nSPS) is 13.1. The van der Waals surface area contributed by atoms with Gasteiger partial charge in [-0.25, -0.2) is 9.69 Å². The van der Waals surface area contributed by atoms with Crippen molar-refractivity contribution in [3.63, 3.8) is 0 Å². The van der Waals surface area contributed by atoms with Crippen molar-refractivity contribution in [3.05, 3.63) is 140 Å². The lowest BCUT2D eigenvalue weighted by Gasteiger charge is -2.21. The number of imide groups is 1. The molecule has 0 unspecified atom stereocenters. The molecule has 0 N–H and O–H groups in total. The molecular weight excluding hydrogens is 512 g/mol. The van der Waals surface area contributed by atoms with E-state index in [1.54, 1.807) is 42.5 Å². The Labute approximate surface area is 228 Å². The second-order valence-electron chi connectivity index (χ2n) is 9.28. The molecule has 0 fully saturated rings. The zero-order valence-electron chi connectivity index (χ0n) is 21.5. The lowest BCUT2D eigenvalue weighted by Crippen LogP contribution is -2.31. The monoisotopic (exact) mass is 534 g/mol. The van der Waals surface area contributed by atoms with Crippen LogP contribution < -0.4 is 4.90 Å². The highest BCUT2D eigenvalue weighted by Gasteiger charge is 2.43. The molecule has 0 spiro atoms. The van der Waals surface area contributed by atoms with Crippen molar-refractivity contribution in [3.8, 4) is 0 Å². The smallest absolute Gasteiger partial charge is 0.341 e. The summed E-state index contributed by atoms with van der Waals surface area (Å²) in [5.74, 6) is -3.14. The number of esters is 1. The van der Waals surface area contributed by atoms with Crippen LogP contribution in [0.3, 0.4) is 0 Å². The van der Waals surface area contributed by atoms with Gasteiger partial charge in [-0.2, -0.15) is 0 Å². The van der Waals surface area contributed by atoms with E-state index in [4.69, 9.17) is 4.74 Å². The summed E-state index contributed by atoms with van der Waals surface area (Å²) in [5, 5.41) is 11.5. The first-order valence-corrected chi connectivity index (χ1v) is 12.3. The largest absolute Gasteiger partial charge is 0.445 e. The van der Waals surface area contributed by atoms with Gasteiger partial charge < -0.3 is 4.74 Å². The first kappa shape index (κ1) is 26.2. The third kappa shape index (κ3) is 4.54. The number of nitrogens with zero attached hydrogens (tertiary/aromatic N) is 2. The number of para-hydroxylation sites is 1. The summed E-state index contributed by atoms with van der Waals surface area (Å²) in [5.41, 5.74) is 1.41. The van der Waals surface area contributed by atoms with Gasteiger partial charge in [0.1, 0.15) is 5.56 Å². The number of Topliss-reactive ketones (excluding diaryl/α,β-unsaturated/α-hetero) is 1. The zero-order valence-corrected chi connectivity index (χ0v) is 21.5. The van der Waals surface area contributed by atoms with Gasteiger partial charge in [0, 0.05) is 17.2 Å². The van der Waals surface area contributed by atoms with E-state index in [2.05, 4.69) is 0 Å². The Balaban J connectivity index is 1.53. The number of nitro benzene ring substituents is 1. The number of carbonyl (C=O) groups excluding carboxylic acids is 4. The zero-order chi connectivity index (χ0) is 28.6. The van der Waals surface area contributed by atoms with Crippen LogP contribution in [-0.4, -0.2) is 28.5 Å². The van der Waals surface area contributed by atoms with Crippen molar-refractivity contribution in [1.82, 2.24) is 0 Å². The quantitative estimate of drug-likeness (QED) is 0.0966. The van der Waals surface area contributed by atoms with Gasteiger partial charge in [0.15, 0.2) is 6.10 Å². The molecule has 2 amide bonds. The average molecular weight is 535 g/mol. The Morgan fingerprint density at radius 1 is 0.825 bits per heavy atom. The third-order valence-corrected chi connectivity index (χ3v) is 6.81. The molecule has 1 heterocycles. The van der Waals surface area contributed by atoms with Crippen LogP contribution in [0.25, 0.3) is 0 Å². The van der Waals surface area contributed by atoms with Gasteiger partial charge in [-0.3, -0.25) is 24.5 Å². The molecule has 4 aromatic carbocycles. The molecule has 9 heteroatoms. The molecule has 1 aliphatic heterocycles. The van der Waals surface area contributed by atoms with Crippen LogP contribution in [0.5, 0.6) is 0 Å². The van der Waals surface area contributed by atoms with Crippen LogP contribution in [0.4, 0.5) is 11.4 Å². The first-order valence-electron chi connectivity index (χ1n) is 12.3. The Morgan fingerprint density at radius 2 is 1.52 bits per heavy atom. The topological polar surface area (TPSA) is 124 Å². The number of amides is 2. The number of hydrogen-bond acceptors (Lipinski definition) is 7. The minimum Gasteiger partial charge on any atom is -0.445 e. The average Bonchev–Trinajstić information content (AvgIpc) is 3.22. The number of hydrogen-bond donors (Lipinski definition) is 0. The minimum absolute atomic E-state index is 0.113. The van der Waals surface area contributed by atoms with E-state index >= 15 is 0 Å². The van der Waals surface area contributed by atoms with Gasteiger partial charge in [-0.15, -0.1) is 0 Å². The molecule has 9 nitrogen and oxygen atoms in total. The molecule has 4 aromatic rings. The van der Waals surface area contributed by atoms with E-state index in [-0.39, 0.29) is 22.4 Å². The lowest BCUT2D eigenvalue weighted by atomic mass is 9.97. The van der Waals surface area contributed by atoms with Gasteiger partial charge >= 0.3 is 5.97 Å². The number of rotatable bonds is 7. The summed E-state index contributed by atoms with van der Waals surface area (Å²) in [4.78, 5) is 65.2. The number of ether oxygens (including phenoxy) is 1. The minimum atomic E-state index is -1.31. The summed E-state index contributed by atoms with van der Waals surface area (Å²) in [6, 6.07) is 23.2. The summed E-state index contributed by atoms with van der Waals surface area (Å²) in [6.07, 6.45) is -1.31. The number of aryl methyl sites for hydroxylation is 2. The van der Waals surface area contributed by atoms with Crippen LogP contribution in [-0.2, 0) is 4.74 Å². The number of benzene rings is 4. The number of fused-ring (bicyclic) bond motifs is 1. The number of ketones is 1. The maximum absolute atomic E-state index is 13.6. The maximum Gasteiger partial charge on any atom is 0.341 e. The molecule has 0 saturated carbocycles. The second kappa shape index (κ2) is 10.4. The summed E-state index contributed by atoms with van der Waals surface area (Å²) in [6.45, 7) is 3.79. The molecule has 1 aliphatic rings. The van der Waals surface area contributed by atoms with Crippen molar-refractivity contribution in [1.29, 1.82) is 0 Å². The lowest BCUT2D eigenvalue weighted by molar-refractivity contribution is -0.385. The Bertz CT molecular complexity index is 1710. The molecule has 0 aromatic heterocycles. The first-order chi connectivity index (χ1) is 19.2. The highest BCUT2D eigenvalue weighted by atomic mass is 16.6.